The van der Waals surface area contributed by atoms with Crippen LogP contribution in [0.25, 0.3) is 0 Å². The van der Waals surface area contributed by atoms with Gasteiger partial charge in [0.15, 0.2) is 5.76 Å². The molecule has 3 saturated carbocycles. The quantitative estimate of drug-likeness (QED) is 0.296. The third-order valence-corrected chi connectivity index (χ3v) is 14.2. The zero-order valence-electron chi connectivity index (χ0n) is 30.7. The number of esters is 1. The minimum atomic E-state index is -0.593. The molecule has 2 aromatic carbocycles. The van der Waals surface area contributed by atoms with E-state index in [2.05, 4.69) is 46.8 Å². The number of fused-ring (bicyclic) bond motifs is 7. The number of amides is 1. The van der Waals surface area contributed by atoms with Crippen LogP contribution in [0.4, 0.5) is 10.5 Å². The first-order valence-electron chi connectivity index (χ1n) is 18.3. The van der Waals surface area contributed by atoms with Crippen LogP contribution in [-0.2, 0) is 25.7 Å². The average Bonchev–Trinajstić information content (AvgIpc) is 3.11. The number of nitrogens with zero attached hydrogens (tertiary/aromatic N) is 1. The second kappa shape index (κ2) is 12.0. The second-order valence-corrected chi connectivity index (χ2v) is 16.9. The maximum absolute atomic E-state index is 13.8. The fourth-order valence-electron chi connectivity index (χ4n) is 10.6. The Hall–Kier alpha value is -4.19. The van der Waals surface area contributed by atoms with Gasteiger partial charge < -0.3 is 9.47 Å². The average molecular weight is 674 g/mol. The topological polar surface area (TPSA) is 72.9 Å². The number of hydrogen-bond donors (Lipinski definition) is 0. The van der Waals surface area contributed by atoms with Crippen molar-refractivity contribution in [2.24, 2.45) is 33.0 Å². The van der Waals surface area contributed by atoms with E-state index in [9.17, 15) is 14.4 Å². The van der Waals surface area contributed by atoms with Crippen molar-refractivity contribution in [3.8, 4) is 0 Å². The number of hydrogen-bond acceptors (Lipinski definition) is 5. The fourth-order valence-corrected chi connectivity index (χ4v) is 10.6. The lowest BCUT2D eigenvalue weighted by molar-refractivity contribution is -0.183. The molecule has 0 radical (unpaired) electrons. The molecule has 6 heteroatoms. The SMILES string of the molecule is CC1=C(OC(=O)N(C)c2ccccc2)C(=O)C=C2C1=CC=C1[C@@]2(C)CC[C@@]2(C)[C@@H]3C[C@](C)(C(=O)OCc4ccccc4)CC[C@]3(C)CC[C@]12C. The van der Waals surface area contributed by atoms with Gasteiger partial charge in [0.2, 0.25) is 5.78 Å². The van der Waals surface area contributed by atoms with Crippen molar-refractivity contribution in [2.45, 2.75) is 93.1 Å². The summed E-state index contributed by atoms with van der Waals surface area (Å²) in [6, 6.07) is 19.2. The van der Waals surface area contributed by atoms with Crippen LogP contribution in [0.5, 0.6) is 0 Å². The molecule has 6 atom stereocenters. The van der Waals surface area contributed by atoms with Crippen LogP contribution in [0, 0.1) is 33.0 Å². The van der Waals surface area contributed by atoms with Crippen LogP contribution in [0.1, 0.15) is 92.1 Å². The maximum Gasteiger partial charge on any atom is 0.419 e. The fraction of sp³-hybridized carbons (Fsp3) is 0.477. The normalized spacial score (nSPS) is 34.5. The Labute approximate surface area is 297 Å². The summed E-state index contributed by atoms with van der Waals surface area (Å²) in [5.74, 6) is 0.0979. The molecule has 2 aromatic rings. The summed E-state index contributed by atoms with van der Waals surface area (Å²) in [5, 5.41) is 0. The minimum absolute atomic E-state index is 0.0368. The molecule has 1 amide bonds. The molecule has 0 aromatic heterocycles. The van der Waals surface area contributed by atoms with Gasteiger partial charge in [-0.25, -0.2) is 4.79 Å². The Morgan fingerprint density at radius 1 is 0.840 bits per heavy atom. The first kappa shape index (κ1) is 34.3. The van der Waals surface area contributed by atoms with E-state index in [1.807, 2.05) is 67.6 Å². The highest BCUT2D eigenvalue weighted by atomic mass is 16.6. The predicted molar refractivity (Wildman–Crippen MR) is 196 cm³/mol. The number of carbonyl (C=O) groups excluding carboxylic acids is 3. The highest BCUT2D eigenvalue weighted by molar-refractivity contribution is 6.08. The summed E-state index contributed by atoms with van der Waals surface area (Å²) >= 11 is 0. The number of anilines is 1. The van der Waals surface area contributed by atoms with Crippen LogP contribution < -0.4 is 4.90 Å². The molecule has 262 valence electrons. The number of ketones is 1. The Balaban J connectivity index is 1.18. The van der Waals surface area contributed by atoms with Gasteiger partial charge in [0.05, 0.1) is 5.41 Å². The van der Waals surface area contributed by atoms with E-state index in [1.165, 1.54) is 10.5 Å². The highest BCUT2D eigenvalue weighted by Crippen LogP contribution is 2.75. The molecule has 0 saturated heterocycles. The molecule has 0 aliphatic heterocycles. The number of allylic oxidation sites excluding steroid dienone is 7. The van der Waals surface area contributed by atoms with Gasteiger partial charge in [0, 0.05) is 23.7 Å². The third kappa shape index (κ3) is 5.15. The Morgan fingerprint density at radius 3 is 2.20 bits per heavy atom. The smallest absolute Gasteiger partial charge is 0.419 e. The number of rotatable bonds is 5. The zero-order chi connectivity index (χ0) is 35.7. The monoisotopic (exact) mass is 673 g/mol. The summed E-state index contributed by atoms with van der Waals surface area (Å²) < 4.78 is 11.8. The number of ether oxygens (including phenoxy) is 2. The van der Waals surface area contributed by atoms with Crippen molar-refractivity contribution in [3.63, 3.8) is 0 Å². The van der Waals surface area contributed by atoms with Crippen molar-refractivity contribution in [1.82, 2.24) is 0 Å². The summed E-state index contributed by atoms with van der Waals surface area (Å²) in [7, 11) is 1.65. The molecular weight excluding hydrogens is 622 g/mol. The van der Waals surface area contributed by atoms with Gasteiger partial charge in [-0.15, -0.1) is 0 Å². The molecule has 3 fully saturated rings. The lowest BCUT2D eigenvalue weighted by Gasteiger charge is -2.70. The molecular formula is C44H51NO5. The van der Waals surface area contributed by atoms with Crippen molar-refractivity contribution in [3.05, 3.63) is 113 Å². The van der Waals surface area contributed by atoms with Crippen LogP contribution in [0.15, 0.2) is 107 Å². The largest absolute Gasteiger partial charge is 0.460 e. The lowest BCUT2D eigenvalue weighted by Crippen LogP contribution is -2.62. The van der Waals surface area contributed by atoms with Gasteiger partial charge in [0.25, 0.3) is 0 Å². The first-order chi connectivity index (χ1) is 23.7. The predicted octanol–water partition coefficient (Wildman–Crippen LogP) is 10.1. The van der Waals surface area contributed by atoms with E-state index >= 15 is 0 Å². The van der Waals surface area contributed by atoms with Crippen molar-refractivity contribution >= 4 is 23.5 Å². The van der Waals surface area contributed by atoms with Gasteiger partial charge in [-0.3, -0.25) is 14.5 Å². The van der Waals surface area contributed by atoms with Crippen LogP contribution in [0.3, 0.4) is 0 Å². The summed E-state index contributed by atoms with van der Waals surface area (Å²) in [5.41, 5.74) is 4.93. The Morgan fingerprint density at radius 2 is 1.50 bits per heavy atom. The Bertz CT molecular complexity index is 1870. The van der Waals surface area contributed by atoms with E-state index in [4.69, 9.17) is 9.47 Å². The van der Waals surface area contributed by atoms with E-state index in [0.717, 1.165) is 61.7 Å². The van der Waals surface area contributed by atoms with E-state index in [0.29, 0.717) is 23.8 Å². The third-order valence-electron chi connectivity index (χ3n) is 14.2. The summed E-state index contributed by atoms with van der Waals surface area (Å²) in [6.07, 6.45) is 12.4. The van der Waals surface area contributed by atoms with Gasteiger partial charge in [-0.05, 0) is 116 Å². The maximum atomic E-state index is 13.8. The highest BCUT2D eigenvalue weighted by Gasteiger charge is 2.67. The summed E-state index contributed by atoms with van der Waals surface area (Å²) in [4.78, 5) is 42.2. The van der Waals surface area contributed by atoms with E-state index in [1.54, 1.807) is 13.1 Å². The number of carbonyl (C=O) groups is 3. The molecule has 0 spiro atoms. The molecule has 6 nitrogen and oxygen atoms in total. The van der Waals surface area contributed by atoms with Crippen molar-refractivity contribution in [1.29, 1.82) is 0 Å². The molecule has 7 rings (SSSR count). The standard InChI is InChI=1S/C44H51NO5/c1-29-32-18-19-35-42(4,33(32)26-34(46)37(29)50-39(48)45(7)31-16-12-9-13-17-31)23-25-44(6)36-27-41(3,21-20-40(36,2)22-24-43(35,44)5)38(47)49-28-30-14-10-8-11-15-30/h8-19,26,36H,20-25,27-28H2,1-7H3/t36-,40-,41-,42+,43-,44+/m1/s1. The number of benzene rings is 2. The molecule has 5 aliphatic carbocycles. The molecule has 0 unspecified atom stereocenters. The van der Waals surface area contributed by atoms with E-state index < -0.39 is 11.5 Å². The van der Waals surface area contributed by atoms with Gasteiger partial charge in [-0.2, -0.15) is 0 Å². The van der Waals surface area contributed by atoms with Gasteiger partial charge in [-0.1, -0.05) is 94.0 Å². The second-order valence-electron chi connectivity index (χ2n) is 16.9. The Kier molecular flexibility index (Phi) is 8.19. The van der Waals surface area contributed by atoms with Crippen LogP contribution in [-0.4, -0.2) is 24.9 Å². The van der Waals surface area contributed by atoms with Crippen molar-refractivity contribution in [2.75, 3.05) is 11.9 Å². The van der Waals surface area contributed by atoms with Gasteiger partial charge in [0.1, 0.15) is 6.61 Å². The zero-order valence-corrected chi connectivity index (χ0v) is 30.7. The van der Waals surface area contributed by atoms with Crippen LogP contribution >= 0.6 is 0 Å². The molecule has 5 aliphatic rings. The molecule has 0 bridgehead atoms. The van der Waals surface area contributed by atoms with E-state index in [-0.39, 0.29) is 39.2 Å². The van der Waals surface area contributed by atoms with Crippen molar-refractivity contribution < 1.29 is 23.9 Å². The lowest BCUT2D eigenvalue weighted by atomic mass is 9.34. The number of para-hydroxylation sites is 1. The molecule has 0 heterocycles. The molecule has 0 N–H and O–H groups in total. The van der Waals surface area contributed by atoms with Crippen LogP contribution in [0.2, 0.25) is 0 Å². The van der Waals surface area contributed by atoms with Gasteiger partial charge >= 0.3 is 12.1 Å². The minimum Gasteiger partial charge on any atom is -0.460 e. The molecule has 50 heavy (non-hydrogen) atoms. The summed E-state index contributed by atoms with van der Waals surface area (Å²) in [6.45, 7) is 14.0. The first-order valence-corrected chi connectivity index (χ1v) is 18.3.